The van der Waals surface area contributed by atoms with Gasteiger partial charge >= 0.3 is 0 Å². The topological polar surface area (TPSA) is 52.8 Å². The minimum absolute atomic E-state index is 0.173. The van der Waals surface area contributed by atoms with E-state index < -0.39 is 0 Å². The van der Waals surface area contributed by atoms with Gasteiger partial charge in [0, 0.05) is 32.1 Å². The Kier molecular flexibility index (Phi) is 8.11. The molecule has 1 unspecified atom stereocenters. The van der Waals surface area contributed by atoms with Gasteiger partial charge in [-0.1, -0.05) is 0 Å². The maximum Gasteiger partial charge on any atom is 0.224 e. The van der Waals surface area contributed by atoms with Crippen LogP contribution in [0.5, 0.6) is 0 Å². The van der Waals surface area contributed by atoms with Gasteiger partial charge in [0.2, 0.25) is 5.91 Å². The second kappa shape index (κ2) is 9.32. The van der Waals surface area contributed by atoms with Gasteiger partial charge < -0.3 is 20.4 Å². The Hall–Kier alpha value is -0.650. The first-order valence-electron chi connectivity index (χ1n) is 7.87. The molecule has 1 amide bonds. The van der Waals surface area contributed by atoms with Crippen molar-refractivity contribution in [3.8, 4) is 0 Å². The number of carbonyl (C=O) groups is 1. The minimum Gasteiger partial charge on any atom is -0.343 e. The van der Waals surface area contributed by atoms with Crippen molar-refractivity contribution >= 4 is 5.91 Å². The van der Waals surface area contributed by atoms with Gasteiger partial charge in [-0.15, -0.1) is 0 Å². The van der Waals surface area contributed by atoms with E-state index in [-0.39, 0.29) is 11.9 Å². The maximum absolute atomic E-state index is 12.3. The lowest BCUT2D eigenvalue weighted by Gasteiger charge is -2.31. The molecule has 0 aromatic carbocycles. The first-order chi connectivity index (χ1) is 9.54. The van der Waals surface area contributed by atoms with Gasteiger partial charge in [-0.2, -0.15) is 0 Å². The zero-order valence-corrected chi connectivity index (χ0v) is 13.5. The fraction of sp³-hybridized carbons (Fsp3) is 0.933. The summed E-state index contributed by atoms with van der Waals surface area (Å²) in [6.45, 7) is 4.48. The highest BCUT2D eigenvalue weighted by Crippen LogP contribution is 2.12. The Morgan fingerprint density at radius 3 is 2.35 bits per heavy atom. The normalized spacial score (nSPS) is 17.8. The van der Waals surface area contributed by atoms with E-state index in [4.69, 9.17) is 5.73 Å². The third kappa shape index (κ3) is 6.20. The van der Waals surface area contributed by atoms with E-state index >= 15 is 0 Å². The monoisotopic (exact) mass is 284 g/mol. The molecule has 5 nitrogen and oxygen atoms in total. The lowest BCUT2D eigenvalue weighted by Crippen LogP contribution is -2.44. The summed E-state index contributed by atoms with van der Waals surface area (Å²) in [5, 5.41) is 0. The van der Waals surface area contributed by atoms with Crippen LogP contribution < -0.4 is 5.73 Å². The van der Waals surface area contributed by atoms with Crippen LogP contribution in [0.3, 0.4) is 0 Å². The van der Waals surface area contributed by atoms with Gasteiger partial charge in [0.25, 0.3) is 0 Å². The maximum atomic E-state index is 12.3. The largest absolute Gasteiger partial charge is 0.343 e. The lowest BCUT2D eigenvalue weighted by atomic mass is 10.1. The van der Waals surface area contributed by atoms with Crippen LogP contribution >= 0.6 is 0 Å². The van der Waals surface area contributed by atoms with Crippen LogP contribution in [0.25, 0.3) is 0 Å². The van der Waals surface area contributed by atoms with E-state index in [0.29, 0.717) is 13.0 Å². The summed E-state index contributed by atoms with van der Waals surface area (Å²) in [6, 6.07) is 0.173. The average molecular weight is 284 g/mol. The molecule has 118 valence electrons. The summed E-state index contributed by atoms with van der Waals surface area (Å²) in [5.41, 5.74) is 5.86. The molecular weight excluding hydrogens is 252 g/mol. The number of amides is 1. The van der Waals surface area contributed by atoms with Gasteiger partial charge in [-0.3, -0.25) is 4.79 Å². The number of carbonyl (C=O) groups excluding carboxylic acids is 1. The van der Waals surface area contributed by atoms with E-state index in [2.05, 4.69) is 30.9 Å². The van der Waals surface area contributed by atoms with Gasteiger partial charge in [-0.05, 0) is 59.9 Å². The summed E-state index contributed by atoms with van der Waals surface area (Å²) in [7, 11) is 6.25. The van der Waals surface area contributed by atoms with Crippen molar-refractivity contribution in [2.24, 2.45) is 5.73 Å². The van der Waals surface area contributed by atoms with Gasteiger partial charge in [0.1, 0.15) is 0 Å². The molecule has 0 saturated carbocycles. The van der Waals surface area contributed by atoms with Crippen molar-refractivity contribution < 1.29 is 4.79 Å². The molecule has 0 radical (unpaired) electrons. The van der Waals surface area contributed by atoms with Crippen LogP contribution in [0.4, 0.5) is 0 Å². The number of rotatable bonds is 8. The summed E-state index contributed by atoms with van der Waals surface area (Å²) in [5.74, 6) is 0.277. The van der Waals surface area contributed by atoms with Crippen LogP contribution in [0, 0.1) is 0 Å². The molecule has 1 rings (SSSR count). The molecule has 1 aliphatic heterocycles. The minimum atomic E-state index is 0.173. The van der Waals surface area contributed by atoms with E-state index in [1.54, 1.807) is 0 Å². The molecule has 1 heterocycles. The molecule has 0 spiro atoms. The second-order valence-corrected chi connectivity index (χ2v) is 6.17. The van der Waals surface area contributed by atoms with Crippen molar-refractivity contribution in [1.29, 1.82) is 0 Å². The zero-order chi connectivity index (χ0) is 15.0. The molecular formula is C15H32N4O. The Labute approximate surface area is 124 Å². The standard InChI is InChI=1S/C15H32N4O/c1-17(2)8-7-9-18(3)14(13-16)12-15(20)19-10-5-4-6-11-19/h14H,4-13,16H2,1-3H3. The van der Waals surface area contributed by atoms with Crippen molar-refractivity contribution in [1.82, 2.24) is 14.7 Å². The smallest absolute Gasteiger partial charge is 0.224 e. The SMILES string of the molecule is CN(C)CCCN(C)C(CN)CC(=O)N1CCCCC1. The predicted octanol–water partition coefficient (Wildman–Crippen LogP) is 0.600. The number of likely N-dealkylation sites (tertiary alicyclic amines) is 1. The number of likely N-dealkylation sites (N-methyl/N-ethyl adjacent to an activating group) is 1. The third-order valence-corrected chi connectivity index (χ3v) is 4.13. The van der Waals surface area contributed by atoms with E-state index in [1.807, 2.05) is 4.90 Å². The molecule has 1 atom stereocenters. The molecule has 0 aliphatic carbocycles. The first-order valence-corrected chi connectivity index (χ1v) is 7.87. The van der Waals surface area contributed by atoms with Crippen LogP contribution in [0.15, 0.2) is 0 Å². The number of piperidine rings is 1. The quantitative estimate of drug-likeness (QED) is 0.709. The number of hydrogen-bond acceptors (Lipinski definition) is 4. The molecule has 1 fully saturated rings. The van der Waals surface area contributed by atoms with E-state index in [9.17, 15) is 4.79 Å². The van der Waals surface area contributed by atoms with Crippen LogP contribution in [-0.2, 0) is 4.79 Å². The van der Waals surface area contributed by atoms with Crippen LogP contribution in [0.1, 0.15) is 32.1 Å². The molecule has 20 heavy (non-hydrogen) atoms. The van der Waals surface area contributed by atoms with E-state index in [1.165, 1.54) is 6.42 Å². The molecule has 1 aliphatic rings. The van der Waals surface area contributed by atoms with Crippen molar-refractivity contribution in [3.63, 3.8) is 0 Å². The summed E-state index contributed by atoms with van der Waals surface area (Å²) >= 11 is 0. The van der Waals surface area contributed by atoms with Gasteiger partial charge in [0.15, 0.2) is 0 Å². The van der Waals surface area contributed by atoms with Crippen LogP contribution in [0.2, 0.25) is 0 Å². The number of nitrogens with zero attached hydrogens (tertiary/aromatic N) is 3. The number of hydrogen-bond donors (Lipinski definition) is 1. The predicted molar refractivity (Wildman–Crippen MR) is 83.7 cm³/mol. The van der Waals surface area contributed by atoms with E-state index in [0.717, 1.165) is 45.4 Å². The second-order valence-electron chi connectivity index (χ2n) is 6.17. The van der Waals surface area contributed by atoms with Crippen LogP contribution in [-0.4, -0.2) is 80.5 Å². The Balaban J connectivity index is 2.34. The summed E-state index contributed by atoms with van der Waals surface area (Å²) in [4.78, 5) is 18.7. The lowest BCUT2D eigenvalue weighted by molar-refractivity contribution is -0.133. The summed E-state index contributed by atoms with van der Waals surface area (Å²) in [6.07, 6.45) is 5.23. The Bertz CT molecular complexity index is 277. The molecule has 5 heteroatoms. The average Bonchev–Trinajstić information content (AvgIpc) is 2.44. The van der Waals surface area contributed by atoms with Gasteiger partial charge in [-0.25, -0.2) is 0 Å². The highest BCUT2D eigenvalue weighted by atomic mass is 16.2. The zero-order valence-electron chi connectivity index (χ0n) is 13.5. The van der Waals surface area contributed by atoms with Crippen molar-refractivity contribution in [3.05, 3.63) is 0 Å². The van der Waals surface area contributed by atoms with Crippen molar-refractivity contribution in [2.45, 2.75) is 38.1 Å². The highest BCUT2D eigenvalue weighted by molar-refractivity contribution is 5.76. The Morgan fingerprint density at radius 1 is 1.15 bits per heavy atom. The third-order valence-electron chi connectivity index (χ3n) is 4.13. The highest BCUT2D eigenvalue weighted by Gasteiger charge is 2.22. The Morgan fingerprint density at radius 2 is 1.80 bits per heavy atom. The molecule has 0 bridgehead atoms. The molecule has 0 aromatic heterocycles. The number of nitrogens with two attached hydrogens (primary N) is 1. The fourth-order valence-corrected chi connectivity index (χ4v) is 2.71. The summed E-state index contributed by atoms with van der Waals surface area (Å²) < 4.78 is 0. The molecule has 0 aromatic rings. The molecule has 2 N–H and O–H groups in total. The van der Waals surface area contributed by atoms with Crippen molar-refractivity contribution in [2.75, 3.05) is 53.9 Å². The molecule has 1 saturated heterocycles. The first kappa shape index (κ1) is 17.4. The fourth-order valence-electron chi connectivity index (χ4n) is 2.71. The van der Waals surface area contributed by atoms with Gasteiger partial charge in [0.05, 0.1) is 0 Å².